The van der Waals surface area contributed by atoms with Gasteiger partial charge in [0.05, 0.1) is 18.5 Å². The third-order valence-electron chi connectivity index (χ3n) is 3.72. The number of nitrogens with zero attached hydrogens (tertiary/aromatic N) is 1. The van der Waals surface area contributed by atoms with Gasteiger partial charge in [0, 0.05) is 19.2 Å². The number of aromatic nitrogens is 1. The molecule has 0 aromatic carbocycles. The zero-order valence-electron chi connectivity index (χ0n) is 13.1. The number of hydrogen-bond acceptors (Lipinski definition) is 4. The molecule has 0 atom stereocenters. The minimum Gasteiger partial charge on any atom is -0.475 e. The largest absolute Gasteiger partial charge is 0.475 e. The molecule has 1 saturated carbocycles. The van der Waals surface area contributed by atoms with Crippen molar-refractivity contribution >= 4 is 11.7 Å². The van der Waals surface area contributed by atoms with Crippen LogP contribution < -0.4 is 15.4 Å². The Labute approximate surface area is 131 Å². The summed E-state index contributed by atoms with van der Waals surface area (Å²) in [6, 6.07) is 3.63. The summed E-state index contributed by atoms with van der Waals surface area (Å²) in [5.41, 5.74) is 0.658. The standard InChI is InChI=1S/C16H25N3O3/c1-21-10-11-22-15-9-8-14(12-17-15)19-16(20)18-13-6-4-2-3-5-7-13/h8-9,12-13H,2-7,10-11H2,1H3,(H2,18,19,20). The maximum absolute atomic E-state index is 12.0. The van der Waals surface area contributed by atoms with E-state index < -0.39 is 0 Å². The third kappa shape index (κ3) is 5.89. The molecule has 0 aliphatic heterocycles. The Morgan fingerprint density at radius 2 is 2.00 bits per heavy atom. The molecular formula is C16H25N3O3. The molecule has 2 rings (SSSR count). The van der Waals surface area contributed by atoms with Crippen LogP contribution in [0.4, 0.5) is 10.5 Å². The normalized spacial score (nSPS) is 15.9. The summed E-state index contributed by atoms with van der Waals surface area (Å²) in [5, 5.41) is 5.85. The van der Waals surface area contributed by atoms with Crippen LogP contribution in [0.15, 0.2) is 18.3 Å². The van der Waals surface area contributed by atoms with Gasteiger partial charge in [0.15, 0.2) is 0 Å². The number of urea groups is 1. The number of amides is 2. The molecule has 0 spiro atoms. The summed E-state index contributed by atoms with van der Waals surface area (Å²) in [7, 11) is 1.62. The summed E-state index contributed by atoms with van der Waals surface area (Å²) in [6.45, 7) is 0.976. The summed E-state index contributed by atoms with van der Waals surface area (Å²) in [4.78, 5) is 16.1. The van der Waals surface area contributed by atoms with Crippen LogP contribution in [0.3, 0.4) is 0 Å². The Morgan fingerprint density at radius 1 is 1.23 bits per heavy atom. The molecular weight excluding hydrogens is 282 g/mol. The summed E-state index contributed by atoms with van der Waals surface area (Å²) in [5.74, 6) is 0.520. The van der Waals surface area contributed by atoms with Crippen molar-refractivity contribution in [2.24, 2.45) is 0 Å². The van der Waals surface area contributed by atoms with Crippen LogP contribution >= 0.6 is 0 Å². The van der Waals surface area contributed by atoms with Crippen molar-refractivity contribution in [2.75, 3.05) is 25.6 Å². The van der Waals surface area contributed by atoms with Crippen molar-refractivity contribution in [2.45, 2.75) is 44.6 Å². The van der Waals surface area contributed by atoms with Crippen molar-refractivity contribution < 1.29 is 14.3 Å². The van der Waals surface area contributed by atoms with Gasteiger partial charge in [0.2, 0.25) is 5.88 Å². The monoisotopic (exact) mass is 307 g/mol. The van der Waals surface area contributed by atoms with Gasteiger partial charge in [0.25, 0.3) is 0 Å². The van der Waals surface area contributed by atoms with E-state index in [0.717, 1.165) is 12.8 Å². The Kier molecular flexibility index (Phi) is 6.96. The van der Waals surface area contributed by atoms with E-state index in [-0.39, 0.29) is 12.1 Å². The fourth-order valence-corrected chi connectivity index (χ4v) is 2.55. The fourth-order valence-electron chi connectivity index (χ4n) is 2.55. The lowest BCUT2D eigenvalue weighted by Gasteiger charge is -2.16. The van der Waals surface area contributed by atoms with Gasteiger partial charge in [-0.2, -0.15) is 0 Å². The summed E-state index contributed by atoms with van der Waals surface area (Å²) in [6.07, 6.45) is 8.66. The molecule has 1 aromatic rings. The molecule has 122 valence electrons. The van der Waals surface area contributed by atoms with Crippen LogP contribution in [0, 0.1) is 0 Å². The first-order valence-electron chi connectivity index (χ1n) is 7.93. The molecule has 6 nitrogen and oxygen atoms in total. The maximum atomic E-state index is 12.0. The van der Waals surface area contributed by atoms with E-state index in [1.807, 2.05) is 0 Å². The predicted molar refractivity (Wildman–Crippen MR) is 85.3 cm³/mol. The van der Waals surface area contributed by atoms with Gasteiger partial charge in [-0.05, 0) is 18.9 Å². The highest BCUT2D eigenvalue weighted by Gasteiger charge is 2.14. The van der Waals surface area contributed by atoms with E-state index in [4.69, 9.17) is 9.47 Å². The van der Waals surface area contributed by atoms with Crippen molar-refractivity contribution in [1.29, 1.82) is 0 Å². The van der Waals surface area contributed by atoms with Crippen LogP contribution in [0.5, 0.6) is 5.88 Å². The summed E-state index contributed by atoms with van der Waals surface area (Å²) < 4.78 is 10.3. The average Bonchev–Trinajstić information content (AvgIpc) is 2.78. The van der Waals surface area contributed by atoms with E-state index in [0.29, 0.717) is 24.8 Å². The second-order valence-corrected chi connectivity index (χ2v) is 5.51. The van der Waals surface area contributed by atoms with E-state index >= 15 is 0 Å². The predicted octanol–water partition coefficient (Wildman–Crippen LogP) is 2.95. The fraction of sp³-hybridized carbons (Fsp3) is 0.625. The molecule has 0 bridgehead atoms. The van der Waals surface area contributed by atoms with Gasteiger partial charge in [-0.3, -0.25) is 0 Å². The highest BCUT2D eigenvalue weighted by molar-refractivity contribution is 5.89. The molecule has 6 heteroatoms. The van der Waals surface area contributed by atoms with Crippen molar-refractivity contribution in [1.82, 2.24) is 10.3 Å². The van der Waals surface area contributed by atoms with Crippen LogP contribution in [0.1, 0.15) is 38.5 Å². The molecule has 22 heavy (non-hydrogen) atoms. The number of hydrogen-bond donors (Lipinski definition) is 2. The van der Waals surface area contributed by atoms with Crippen molar-refractivity contribution in [3.05, 3.63) is 18.3 Å². The van der Waals surface area contributed by atoms with Crippen LogP contribution in [-0.4, -0.2) is 37.4 Å². The van der Waals surface area contributed by atoms with Gasteiger partial charge in [-0.1, -0.05) is 25.7 Å². The molecule has 1 aliphatic rings. The number of rotatable bonds is 6. The molecule has 1 aromatic heterocycles. The maximum Gasteiger partial charge on any atom is 0.319 e. The van der Waals surface area contributed by atoms with Gasteiger partial charge < -0.3 is 20.1 Å². The Hall–Kier alpha value is -1.82. The molecule has 1 fully saturated rings. The second-order valence-electron chi connectivity index (χ2n) is 5.51. The number of pyridine rings is 1. The zero-order chi connectivity index (χ0) is 15.6. The summed E-state index contributed by atoms with van der Waals surface area (Å²) >= 11 is 0. The number of carbonyl (C=O) groups excluding carboxylic acids is 1. The van der Waals surface area contributed by atoms with Crippen LogP contribution in [-0.2, 0) is 4.74 Å². The number of ether oxygens (including phenoxy) is 2. The van der Waals surface area contributed by atoms with E-state index in [9.17, 15) is 4.79 Å². The number of anilines is 1. The topological polar surface area (TPSA) is 72.5 Å². The van der Waals surface area contributed by atoms with Gasteiger partial charge in [-0.25, -0.2) is 9.78 Å². The van der Waals surface area contributed by atoms with Gasteiger partial charge in [0.1, 0.15) is 6.61 Å². The highest BCUT2D eigenvalue weighted by atomic mass is 16.5. The quantitative estimate of drug-likeness (QED) is 0.626. The van der Waals surface area contributed by atoms with E-state index in [2.05, 4.69) is 15.6 Å². The number of methoxy groups -OCH3 is 1. The lowest BCUT2D eigenvalue weighted by molar-refractivity contribution is 0.144. The molecule has 2 amide bonds. The van der Waals surface area contributed by atoms with Gasteiger partial charge >= 0.3 is 6.03 Å². The van der Waals surface area contributed by atoms with E-state index in [1.165, 1.54) is 25.7 Å². The SMILES string of the molecule is COCCOc1ccc(NC(=O)NC2CCCCCC2)cn1. The second kappa shape index (κ2) is 9.25. The number of carbonyl (C=O) groups is 1. The Bertz CT molecular complexity index is 442. The molecule has 0 saturated heterocycles. The molecule has 0 unspecified atom stereocenters. The van der Waals surface area contributed by atoms with Gasteiger partial charge in [-0.15, -0.1) is 0 Å². The van der Waals surface area contributed by atoms with Crippen LogP contribution in [0.2, 0.25) is 0 Å². The third-order valence-corrected chi connectivity index (χ3v) is 3.72. The van der Waals surface area contributed by atoms with Crippen LogP contribution in [0.25, 0.3) is 0 Å². The molecule has 1 aliphatic carbocycles. The first kappa shape index (κ1) is 16.5. The zero-order valence-corrected chi connectivity index (χ0v) is 13.1. The number of nitrogens with one attached hydrogen (secondary N) is 2. The first-order valence-corrected chi connectivity index (χ1v) is 7.93. The minimum atomic E-state index is -0.165. The Morgan fingerprint density at radius 3 is 2.64 bits per heavy atom. The van der Waals surface area contributed by atoms with Crippen molar-refractivity contribution in [3.63, 3.8) is 0 Å². The lowest BCUT2D eigenvalue weighted by Crippen LogP contribution is -2.37. The van der Waals surface area contributed by atoms with Crippen molar-refractivity contribution in [3.8, 4) is 5.88 Å². The smallest absolute Gasteiger partial charge is 0.319 e. The molecule has 2 N–H and O–H groups in total. The minimum absolute atomic E-state index is 0.165. The lowest BCUT2D eigenvalue weighted by atomic mass is 10.1. The molecule has 1 heterocycles. The Balaban J connectivity index is 1.75. The average molecular weight is 307 g/mol. The highest BCUT2D eigenvalue weighted by Crippen LogP contribution is 2.17. The first-order chi connectivity index (χ1) is 10.8. The molecule has 0 radical (unpaired) electrons. The van der Waals surface area contributed by atoms with E-state index in [1.54, 1.807) is 25.4 Å².